The molecule has 1 N–H and O–H groups in total. The van der Waals surface area contributed by atoms with Crippen LogP contribution in [0.2, 0.25) is 0 Å². The summed E-state index contributed by atoms with van der Waals surface area (Å²) in [6, 6.07) is 4.70. The summed E-state index contributed by atoms with van der Waals surface area (Å²) in [6.45, 7) is 1.48. The van der Waals surface area contributed by atoms with Gasteiger partial charge in [-0.3, -0.25) is 14.9 Å². The first-order valence-corrected chi connectivity index (χ1v) is 7.69. The number of non-ortho nitro benzene ring substituents is 1. The van der Waals surface area contributed by atoms with Crippen LogP contribution in [0.1, 0.15) is 29.2 Å². The van der Waals surface area contributed by atoms with Crippen LogP contribution in [0.25, 0.3) is 0 Å². The van der Waals surface area contributed by atoms with Crippen molar-refractivity contribution >= 4 is 17.3 Å². The minimum atomic E-state index is -0.493. The number of hydrogen-bond donors (Lipinski definition) is 1. The van der Waals surface area contributed by atoms with Gasteiger partial charge in [0.2, 0.25) is 0 Å². The number of rotatable bonds is 4. The van der Waals surface area contributed by atoms with Gasteiger partial charge in [0.15, 0.2) is 0 Å². The number of carbonyl (C=O) groups is 1. The zero-order chi connectivity index (χ0) is 17.1. The van der Waals surface area contributed by atoms with Crippen molar-refractivity contribution in [3.63, 3.8) is 0 Å². The van der Waals surface area contributed by atoms with E-state index in [1.807, 2.05) is 4.68 Å². The summed E-state index contributed by atoms with van der Waals surface area (Å²) in [5.41, 5.74) is 0.956. The van der Waals surface area contributed by atoms with Gasteiger partial charge in [-0.1, -0.05) is 0 Å². The molecule has 0 unspecified atom stereocenters. The van der Waals surface area contributed by atoms with E-state index in [4.69, 9.17) is 0 Å². The Bertz CT molecular complexity index is 738. The van der Waals surface area contributed by atoms with Gasteiger partial charge in [-0.05, 0) is 18.9 Å². The van der Waals surface area contributed by atoms with Gasteiger partial charge in [-0.25, -0.2) is 9.67 Å². The highest BCUT2D eigenvalue weighted by Crippen LogP contribution is 2.30. The second-order valence-corrected chi connectivity index (χ2v) is 5.63. The van der Waals surface area contributed by atoms with Crippen LogP contribution in [0.4, 0.5) is 11.4 Å². The molecule has 1 saturated heterocycles. The van der Waals surface area contributed by atoms with E-state index < -0.39 is 4.92 Å². The largest absolute Gasteiger partial charge is 0.371 e. The summed E-state index contributed by atoms with van der Waals surface area (Å²) in [5.74, 6) is -0.327. The molecule has 1 aliphatic rings. The fraction of sp³-hybridized carbons (Fsp3) is 0.400. The summed E-state index contributed by atoms with van der Waals surface area (Å²) < 4.78 is 1.85. The van der Waals surface area contributed by atoms with Crippen molar-refractivity contribution in [1.82, 2.24) is 20.1 Å². The molecular weight excluding hydrogens is 312 g/mol. The first-order valence-electron chi connectivity index (χ1n) is 7.69. The van der Waals surface area contributed by atoms with Crippen LogP contribution in [0.5, 0.6) is 0 Å². The third kappa shape index (κ3) is 3.05. The number of nitrogens with one attached hydrogen (secondary N) is 1. The molecule has 9 heteroatoms. The highest BCUT2D eigenvalue weighted by Gasteiger charge is 2.25. The lowest BCUT2D eigenvalue weighted by atomic mass is 10.0. The van der Waals surface area contributed by atoms with Gasteiger partial charge in [0.25, 0.3) is 11.6 Å². The van der Waals surface area contributed by atoms with E-state index in [0.29, 0.717) is 5.56 Å². The molecule has 1 aromatic heterocycles. The molecule has 1 aliphatic heterocycles. The predicted molar refractivity (Wildman–Crippen MR) is 87.0 cm³/mol. The Labute approximate surface area is 138 Å². The molecule has 0 saturated carbocycles. The normalized spacial score (nSPS) is 15.3. The Morgan fingerprint density at radius 2 is 2.12 bits per heavy atom. The van der Waals surface area contributed by atoms with E-state index in [2.05, 4.69) is 20.3 Å². The van der Waals surface area contributed by atoms with Gasteiger partial charge >= 0.3 is 0 Å². The van der Waals surface area contributed by atoms with Crippen molar-refractivity contribution in [3.8, 4) is 0 Å². The number of nitro benzene ring substituents is 1. The fourth-order valence-corrected chi connectivity index (χ4v) is 3.01. The van der Waals surface area contributed by atoms with Crippen molar-refractivity contribution in [2.24, 2.45) is 0 Å². The fourth-order valence-electron chi connectivity index (χ4n) is 3.01. The number of nitro groups is 1. The van der Waals surface area contributed by atoms with Crippen molar-refractivity contribution in [3.05, 3.63) is 46.5 Å². The second-order valence-electron chi connectivity index (χ2n) is 5.63. The lowest BCUT2D eigenvalue weighted by Crippen LogP contribution is -2.36. The van der Waals surface area contributed by atoms with Crippen LogP contribution in [-0.4, -0.2) is 45.7 Å². The van der Waals surface area contributed by atoms with Gasteiger partial charge in [0.1, 0.15) is 12.7 Å². The first kappa shape index (κ1) is 15.9. The number of hydrogen-bond acceptors (Lipinski definition) is 6. The molecule has 9 nitrogen and oxygen atoms in total. The average molecular weight is 330 g/mol. The molecule has 24 heavy (non-hydrogen) atoms. The summed E-state index contributed by atoms with van der Waals surface area (Å²) >= 11 is 0. The van der Waals surface area contributed by atoms with Crippen LogP contribution in [0.15, 0.2) is 30.9 Å². The van der Waals surface area contributed by atoms with E-state index in [0.717, 1.165) is 31.6 Å². The highest BCUT2D eigenvalue weighted by atomic mass is 16.6. The van der Waals surface area contributed by atoms with Gasteiger partial charge in [-0.15, -0.1) is 0 Å². The number of benzene rings is 1. The number of piperidine rings is 1. The Balaban J connectivity index is 1.82. The summed E-state index contributed by atoms with van der Waals surface area (Å²) in [6.07, 6.45) is 4.97. The average Bonchev–Trinajstić information content (AvgIpc) is 3.15. The molecule has 0 spiro atoms. The van der Waals surface area contributed by atoms with E-state index >= 15 is 0 Å². The summed E-state index contributed by atoms with van der Waals surface area (Å²) in [7, 11) is 1.52. The zero-order valence-corrected chi connectivity index (χ0v) is 13.3. The quantitative estimate of drug-likeness (QED) is 0.670. The third-order valence-electron chi connectivity index (χ3n) is 4.28. The molecule has 0 radical (unpaired) electrons. The van der Waals surface area contributed by atoms with E-state index in [9.17, 15) is 14.9 Å². The maximum Gasteiger partial charge on any atom is 0.270 e. The number of amides is 1. The summed E-state index contributed by atoms with van der Waals surface area (Å²) in [5, 5.41) is 17.7. The molecule has 1 aromatic carbocycles. The van der Waals surface area contributed by atoms with Gasteiger partial charge in [-0.2, -0.15) is 5.10 Å². The molecule has 1 amide bonds. The topological polar surface area (TPSA) is 106 Å². The Morgan fingerprint density at radius 3 is 2.71 bits per heavy atom. The molecular formula is C15H18N6O3. The summed E-state index contributed by atoms with van der Waals surface area (Å²) in [4.78, 5) is 28.7. The van der Waals surface area contributed by atoms with Gasteiger partial charge in [0, 0.05) is 32.3 Å². The number of nitrogens with zero attached hydrogens (tertiary/aromatic N) is 5. The molecule has 3 rings (SSSR count). The van der Waals surface area contributed by atoms with E-state index in [1.165, 1.54) is 25.5 Å². The van der Waals surface area contributed by atoms with Crippen molar-refractivity contribution in [2.75, 3.05) is 25.0 Å². The zero-order valence-electron chi connectivity index (χ0n) is 13.3. The minimum Gasteiger partial charge on any atom is -0.371 e. The standard InChI is InChI=1S/C15H18N6O3/c1-16-15(22)13-8-12(21(23)24)2-3-14(13)19-6-4-11(5-7-19)20-10-17-9-18-20/h2-3,8-11H,4-7H2,1H3,(H,16,22). The molecule has 2 aromatic rings. The number of carbonyl (C=O) groups excluding carboxylic acids is 1. The first-order chi connectivity index (χ1) is 11.6. The Morgan fingerprint density at radius 1 is 1.38 bits per heavy atom. The monoisotopic (exact) mass is 330 g/mol. The van der Waals surface area contributed by atoms with Crippen molar-refractivity contribution in [1.29, 1.82) is 0 Å². The van der Waals surface area contributed by atoms with E-state index in [1.54, 1.807) is 12.4 Å². The second kappa shape index (κ2) is 6.65. The minimum absolute atomic E-state index is 0.0881. The van der Waals surface area contributed by atoms with Crippen LogP contribution in [0, 0.1) is 10.1 Å². The van der Waals surface area contributed by atoms with Crippen LogP contribution < -0.4 is 10.2 Å². The number of aromatic nitrogens is 3. The third-order valence-corrected chi connectivity index (χ3v) is 4.28. The SMILES string of the molecule is CNC(=O)c1cc([N+](=O)[O-])ccc1N1CCC(n2cncn2)CC1. The maximum absolute atomic E-state index is 12.1. The number of anilines is 1. The van der Waals surface area contributed by atoms with E-state index in [-0.39, 0.29) is 17.6 Å². The predicted octanol–water partition coefficient (Wildman–Crippen LogP) is 1.39. The molecule has 2 heterocycles. The van der Waals surface area contributed by atoms with Gasteiger partial charge in [0.05, 0.1) is 22.2 Å². The van der Waals surface area contributed by atoms with Crippen LogP contribution in [-0.2, 0) is 0 Å². The highest BCUT2D eigenvalue weighted by molar-refractivity contribution is 6.00. The molecule has 126 valence electrons. The van der Waals surface area contributed by atoms with Crippen molar-refractivity contribution in [2.45, 2.75) is 18.9 Å². The smallest absolute Gasteiger partial charge is 0.270 e. The lowest BCUT2D eigenvalue weighted by Gasteiger charge is -2.34. The molecule has 0 bridgehead atoms. The van der Waals surface area contributed by atoms with Gasteiger partial charge < -0.3 is 10.2 Å². The maximum atomic E-state index is 12.1. The lowest BCUT2D eigenvalue weighted by molar-refractivity contribution is -0.384. The Hall–Kier alpha value is -2.97. The van der Waals surface area contributed by atoms with Crippen LogP contribution >= 0.6 is 0 Å². The van der Waals surface area contributed by atoms with Crippen LogP contribution in [0.3, 0.4) is 0 Å². The molecule has 0 atom stereocenters. The molecule has 1 fully saturated rings. The van der Waals surface area contributed by atoms with Crippen molar-refractivity contribution < 1.29 is 9.72 Å². The Kier molecular flexibility index (Phi) is 4.41. The molecule has 0 aliphatic carbocycles.